The summed E-state index contributed by atoms with van der Waals surface area (Å²) in [7, 11) is 0. The molecule has 1 rings (SSSR count). The molecule has 0 spiro atoms. The van der Waals surface area contributed by atoms with Crippen LogP contribution in [0.5, 0.6) is 0 Å². The zero-order valence-corrected chi connectivity index (χ0v) is 14.2. The Morgan fingerprint density at radius 2 is 1.95 bits per heavy atom. The average molecular weight is 328 g/mol. The van der Waals surface area contributed by atoms with Gasteiger partial charge >= 0.3 is 5.97 Å². The standard InChI is InChI=1S/C15H22ClN3O3/c1-8(2)11(14(21)22-15(3,4)5)19-13-10(16)6-9(7-18-13)12(17)20/h6-8,11H,1-5H3,(H2,17,20)(H,18,19)/t11-/m1/s1. The maximum absolute atomic E-state index is 12.3. The van der Waals surface area contributed by atoms with E-state index in [1.165, 1.54) is 12.3 Å². The third kappa shape index (κ3) is 5.18. The van der Waals surface area contributed by atoms with Gasteiger partial charge in [-0.3, -0.25) is 4.79 Å². The highest BCUT2D eigenvalue weighted by molar-refractivity contribution is 6.33. The van der Waals surface area contributed by atoms with Crippen LogP contribution in [-0.4, -0.2) is 28.5 Å². The van der Waals surface area contributed by atoms with Crippen LogP contribution in [0.2, 0.25) is 5.02 Å². The molecular formula is C15H22ClN3O3. The minimum absolute atomic E-state index is 0.0384. The smallest absolute Gasteiger partial charge is 0.329 e. The van der Waals surface area contributed by atoms with E-state index in [9.17, 15) is 9.59 Å². The van der Waals surface area contributed by atoms with Gasteiger partial charge in [-0.05, 0) is 32.8 Å². The maximum atomic E-state index is 12.3. The van der Waals surface area contributed by atoms with Gasteiger partial charge in [0, 0.05) is 6.20 Å². The van der Waals surface area contributed by atoms with Crippen molar-refractivity contribution in [2.24, 2.45) is 11.7 Å². The Kier molecular flexibility index (Phi) is 5.77. The fourth-order valence-electron chi connectivity index (χ4n) is 1.69. The second-order valence-corrected chi connectivity index (χ2v) is 6.73. The molecule has 1 amide bonds. The van der Waals surface area contributed by atoms with Gasteiger partial charge in [-0.1, -0.05) is 25.4 Å². The quantitative estimate of drug-likeness (QED) is 0.811. The van der Waals surface area contributed by atoms with Crippen molar-refractivity contribution in [3.8, 4) is 0 Å². The average Bonchev–Trinajstić information content (AvgIpc) is 2.34. The minimum atomic E-state index is -0.617. The molecule has 0 aliphatic carbocycles. The number of anilines is 1. The summed E-state index contributed by atoms with van der Waals surface area (Å²) in [6.45, 7) is 9.17. The Hall–Kier alpha value is -1.82. The number of hydrogen-bond donors (Lipinski definition) is 2. The molecule has 1 atom stereocenters. The van der Waals surface area contributed by atoms with Crippen LogP contribution in [0, 0.1) is 5.92 Å². The summed E-state index contributed by atoms with van der Waals surface area (Å²) >= 11 is 6.08. The first-order chi connectivity index (χ1) is 10.0. The lowest BCUT2D eigenvalue weighted by Gasteiger charge is -2.27. The third-order valence-electron chi connectivity index (χ3n) is 2.75. The highest BCUT2D eigenvalue weighted by atomic mass is 35.5. The molecule has 0 unspecified atom stereocenters. The van der Waals surface area contributed by atoms with Gasteiger partial charge in [-0.2, -0.15) is 0 Å². The number of aromatic nitrogens is 1. The molecule has 0 saturated heterocycles. The van der Waals surface area contributed by atoms with E-state index in [2.05, 4.69) is 10.3 Å². The van der Waals surface area contributed by atoms with Crippen molar-refractivity contribution in [3.63, 3.8) is 0 Å². The summed E-state index contributed by atoms with van der Waals surface area (Å²) in [6, 6.07) is 0.801. The number of rotatable bonds is 5. The Morgan fingerprint density at radius 3 is 2.36 bits per heavy atom. The third-order valence-corrected chi connectivity index (χ3v) is 3.03. The van der Waals surface area contributed by atoms with Crippen molar-refractivity contribution in [2.45, 2.75) is 46.3 Å². The zero-order chi connectivity index (χ0) is 17.1. The topological polar surface area (TPSA) is 94.3 Å². The van der Waals surface area contributed by atoms with Gasteiger partial charge in [-0.15, -0.1) is 0 Å². The van der Waals surface area contributed by atoms with Crippen molar-refractivity contribution >= 4 is 29.3 Å². The number of pyridine rings is 1. The number of esters is 1. The summed E-state index contributed by atoms with van der Waals surface area (Å²) in [5, 5.41) is 3.18. The van der Waals surface area contributed by atoms with Gasteiger partial charge in [0.2, 0.25) is 5.91 Å². The number of halogens is 1. The summed E-state index contributed by atoms with van der Waals surface area (Å²) < 4.78 is 5.39. The molecule has 0 aliphatic heterocycles. The lowest BCUT2D eigenvalue weighted by molar-refractivity contribution is -0.156. The number of nitrogens with zero attached hydrogens (tertiary/aromatic N) is 1. The SMILES string of the molecule is CC(C)[C@@H](Nc1ncc(C(N)=O)cc1Cl)C(=O)OC(C)(C)C. The predicted molar refractivity (Wildman–Crippen MR) is 85.9 cm³/mol. The van der Waals surface area contributed by atoms with Crippen molar-refractivity contribution < 1.29 is 14.3 Å². The molecule has 0 saturated carbocycles. The maximum Gasteiger partial charge on any atom is 0.329 e. The molecule has 1 aromatic rings. The van der Waals surface area contributed by atoms with Gasteiger partial charge in [0.05, 0.1) is 10.6 Å². The molecule has 0 aromatic carbocycles. The molecule has 0 aliphatic rings. The van der Waals surface area contributed by atoms with Crippen LogP contribution in [0.1, 0.15) is 45.0 Å². The highest BCUT2D eigenvalue weighted by Crippen LogP contribution is 2.23. The zero-order valence-electron chi connectivity index (χ0n) is 13.4. The van der Waals surface area contributed by atoms with Crippen molar-refractivity contribution in [1.29, 1.82) is 0 Å². The van der Waals surface area contributed by atoms with Gasteiger partial charge in [0.15, 0.2) is 0 Å². The molecule has 6 nitrogen and oxygen atoms in total. The second kappa shape index (κ2) is 6.96. The number of nitrogens with two attached hydrogens (primary N) is 1. The number of amides is 1. The summed E-state index contributed by atoms with van der Waals surface area (Å²) in [4.78, 5) is 27.4. The molecule has 0 bridgehead atoms. The van der Waals surface area contributed by atoms with E-state index < -0.39 is 17.6 Å². The number of primary amides is 1. The molecule has 3 N–H and O–H groups in total. The normalized spacial score (nSPS) is 12.9. The molecule has 0 fully saturated rings. The Labute approximate surface area is 135 Å². The van der Waals surface area contributed by atoms with Crippen LogP contribution in [0.25, 0.3) is 0 Å². The first kappa shape index (κ1) is 18.2. The summed E-state index contributed by atoms with van der Waals surface area (Å²) in [6.07, 6.45) is 1.31. The number of carbonyl (C=O) groups excluding carboxylic acids is 2. The number of nitrogens with one attached hydrogen (secondary N) is 1. The predicted octanol–water partition coefficient (Wildman–Crippen LogP) is 2.61. The summed E-state index contributed by atoms with van der Waals surface area (Å²) in [5.74, 6) is -0.743. The Bertz CT molecular complexity index is 568. The molecule has 1 heterocycles. The van der Waals surface area contributed by atoms with Crippen LogP contribution in [-0.2, 0) is 9.53 Å². The van der Waals surface area contributed by atoms with Crippen LogP contribution < -0.4 is 11.1 Å². The van der Waals surface area contributed by atoms with Crippen LogP contribution in [0.15, 0.2) is 12.3 Å². The Morgan fingerprint density at radius 1 is 1.36 bits per heavy atom. The van der Waals surface area contributed by atoms with Crippen molar-refractivity contribution in [2.75, 3.05) is 5.32 Å². The van der Waals surface area contributed by atoms with Gasteiger partial charge in [0.1, 0.15) is 17.5 Å². The van der Waals surface area contributed by atoms with E-state index in [4.69, 9.17) is 22.1 Å². The molecular weight excluding hydrogens is 306 g/mol. The van der Waals surface area contributed by atoms with Crippen LogP contribution in [0.4, 0.5) is 5.82 Å². The number of ether oxygens (including phenoxy) is 1. The monoisotopic (exact) mass is 327 g/mol. The first-order valence-electron chi connectivity index (χ1n) is 6.96. The van der Waals surface area contributed by atoms with Crippen LogP contribution in [0.3, 0.4) is 0 Å². The lowest BCUT2D eigenvalue weighted by Crippen LogP contribution is -2.40. The van der Waals surface area contributed by atoms with E-state index in [1.807, 2.05) is 13.8 Å². The molecule has 22 heavy (non-hydrogen) atoms. The highest BCUT2D eigenvalue weighted by Gasteiger charge is 2.28. The largest absolute Gasteiger partial charge is 0.458 e. The molecule has 7 heteroatoms. The fourth-order valence-corrected chi connectivity index (χ4v) is 1.91. The fraction of sp³-hybridized carbons (Fsp3) is 0.533. The van der Waals surface area contributed by atoms with Crippen molar-refractivity contribution in [3.05, 3.63) is 22.8 Å². The van der Waals surface area contributed by atoms with E-state index in [-0.39, 0.29) is 22.5 Å². The van der Waals surface area contributed by atoms with Crippen LogP contribution >= 0.6 is 11.6 Å². The summed E-state index contributed by atoms with van der Waals surface area (Å²) in [5.41, 5.74) is 4.79. The van der Waals surface area contributed by atoms with E-state index in [0.717, 1.165) is 0 Å². The number of carbonyl (C=O) groups is 2. The lowest BCUT2D eigenvalue weighted by atomic mass is 10.0. The minimum Gasteiger partial charge on any atom is -0.458 e. The van der Waals surface area contributed by atoms with E-state index >= 15 is 0 Å². The van der Waals surface area contributed by atoms with Crippen molar-refractivity contribution in [1.82, 2.24) is 4.98 Å². The van der Waals surface area contributed by atoms with E-state index in [0.29, 0.717) is 5.82 Å². The number of hydrogen-bond acceptors (Lipinski definition) is 5. The molecule has 0 radical (unpaired) electrons. The van der Waals surface area contributed by atoms with Gasteiger partial charge < -0.3 is 15.8 Å². The second-order valence-electron chi connectivity index (χ2n) is 6.32. The van der Waals surface area contributed by atoms with Gasteiger partial charge in [-0.25, -0.2) is 9.78 Å². The first-order valence-corrected chi connectivity index (χ1v) is 7.34. The Balaban J connectivity index is 2.97. The van der Waals surface area contributed by atoms with E-state index in [1.54, 1.807) is 20.8 Å². The van der Waals surface area contributed by atoms with Gasteiger partial charge in [0.25, 0.3) is 0 Å². The molecule has 122 valence electrons. The molecule has 1 aromatic heterocycles.